The predicted molar refractivity (Wildman–Crippen MR) is 179 cm³/mol. The first-order valence-electron chi connectivity index (χ1n) is 17.8. The molecule has 2 heterocycles. The number of hydrogen-bond donors (Lipinski definition) is 3. The van der Waals surface area contributed by atoms with Crippen LogP contribution in [0.2, 0.25) is 0 Å². The molecule has 2 saturated heterocycles. The summed E-state index contributed by atoms with van der Waals surface area (Å²) in [7, 11) is 1.61. The fraction of sp³-hybridized carbons (Fsp3) is 0.605. The van der Waals surface area contributed by atoms with Crippen LogP contribution in [0.5, 0.6) is 11.5 Å². The van der Waals surface area contributed by atoms with Crippen molar-refractivity contribution in [2.24, 2.45) is 23.2 Å². The summed E-state index contributed by atoms with van der Waals surface area (Å²) >= 11 is 0. The van der Waals surface area contributed by atoms with Gasteiger partial charge in [0.15, 0.2) is 0 Å². The van der Waals surface area contributed by atoms with E-state index in [-0.39, 0.29) is 29.2 Å². The SMILES string of the molecule is CCCCN1C(=O)[C@@H](CC23C[C@H]4CC(C[C@@H](C4)C2)[C@H]3O)NC(=O)C12CCN(Cc1ccc(Oc3ccc(C(=O)NC)cc3)cc1)CC2. The molecule has 9 heteroatoms. The first kappa shape index (κ1) is 32.1. The van der Waals surface area contributed by atoms with Gasteiger partial charge in [0.1, 0.15) is 23.1 Å². The van der Waals surface area contributed by atoms with Gasteiger partial charge in [-0.25, -0.2) is 0 Å². The predicted octanol–water partition coefficient (Wildman–Crippen LogP) is 4.88. The largest absolute Gasteiger partial charge is 0.457 e. The molecule has 0 unspecified atom stereocenters. The Bertz CT molecular complexity index is 1450. The summed E-state index contributed by atoms with van der Waals surface area (Å²) in [5.41, 5.74) is 0.707. The molecule has 3 amide bonds. The van der Waals surface area contributed by atoms with E-state index in [4.69, 9.17) is 4.74 Å². The number of nitrogens with zero attached hydrogens (tertiary/aromatic N) is 2. The Kier molecular flexibility index (Phi) is 8.81. The highest BCUT2D eigenvalue weighted by atomic mass is 16.5. The summed E-state index contributed by atoms with van der Waals surface area (Å²) < 4.78 is 5.98. The average molecular weight is 643 g/mol. The molecular weight excluding hydrogens is 592 g/mol. The van der Waals surface area contributed by atoms with Crippen molar-refractivity contribution in [2.45, 2.75) is 95.4 Å². The van der Waals surface area contributed by atoms with Gasteiger partial charge < -0.3 is 25.4 Å². The minimum Gasteiger partial charge on any atom is -0.457 e. The van der Waals surface area contributed by atoms with Gasteiger partial charge in [0.2, 0.25) is 11.8 Å². The molecule has 4 atom stereocenters. The molecule has 4 aliphatic carbocycles. The number of carbonyl (C=O) groups excluding carboxylic acids is 3. The Hall–Kier alpha value is -3.43. The molecule has 0 radical (unpaired) electrons. The highest BCUT2D eigenvalue weighted by Gasteiger charge is 2.60. The van der Waals surface area contributed by atoms with Crippen LogP contribution in [0, 0.1) is 23.2 Å². The molecule has 8 rings (SSSR count). The standard InChI is InChI=1S/C38H50N4O5/c1-3-4-15-42-35(45)32(23-37-21-26-18-27(22-37)20-29(19-26)33(37)43)40-36(46)38(42)13-16-41(17-14-38)24-25-5-9-30(10-6-25)47-31-11-7-28(8-12-31)34(44)39-2/h5-12,26-27,29,32-33,43H,3-4,13-24H2,1-2H3,(H,39,44)(H,40,46)/t26-,27-,29?,32-,33-,37?/m1/s1. The second kappa shape index (κ2) is 12.9. The summed E-state index contributed by atoms with van der Waals surface area (Å²) in [6.45, 7) is 4.97. The molecule has 3 N–H and O–H groups in total. The van der Waals surface area contributed by atoms with Crippen molar-refractivity contribution in [1.29, 1.82) is 0 Å². The van der Waals surface area contributed by atoms with Crippen LogP contribution in [-0.4, -0.2) is 77.0 Å². The van der Waals surface area contributed by atoms with Gasteiger partial charge in [-0.2, -0.15) is 0 Å². The lowest BCUT2D eigenvalue weighted by atomic mass is 9.47. The molecule has 2 aromatic carbocycles. The third kappa shape index (κ3) is 6.06. The van der Waals surface area contributed by atoms with E-state index in [0.29, 0.717) is 54.9 Å². The fourth-order valence-electron chi connectivity index (χ4n) is 9.98. The first-order valence-corrected chi connectivity index (χ1v) is 17.8. The Morgan fingerprint density at radius 3 is 2.23 bits per heavy atom. The molecule has 0 aromatic heterocycles. The van der Waals surface area contributed by atoms with E-state index in [0.717, 1.165) is 69.5 Å². The highest BCUT2D eigenvalue weighted by Crippen LogP contribution is 2.62. The quantitative estimate of drug-likeness (QED) is 0.341. The van der Waals surface area contributed by atoms with Crippen LogP contribution in [0.3, 0.4) is 0 Å². The number of aliphatic hydroxyl groups excluding tert-OH is 1. The van der Waals surface area contributed by atoms with Crippen molar-refractivity contribution in [3.05, 3.63) is 59.7 Å². The molecule has 2 aliphatic heterocycles. The van der Waals surface area contributed by atoms with Gasteiger partial charge in [-0.05, 0) is 123 Å². The number of piperidine rings is 1. The number of likely N-dealkylation sites (tertiary alicyclic amines) is 1. The van der Waals surface area contributed by atoms with Gasteiger partial charge in [-0.15, -0.1) is 0 Å². The number of hydrogen-bond acceptors (Lipinski definition) is 6. The van der Waals surface area contributed by atoms with Crippen LogP contribution in [-0.2, 0) is 16.1 Å². The van der Waals surface area contributed by atoms with Crippen molar-refractivity contribution < 1.29 is 24.2 Å². The number of carbonyl (C=O) groups is 3. The Morgan fingerprint density at radius 2 is 1.62 bits per heavy atom. The fourth-order valence-corrected chi connectivity index (χ4v) is 9.98. The average Bonchev–Trinajstić information content (AvgIpc) is 3.07. The zero-order valence-electron chi connectivity index (χ0n) is 27.9. The van der Waals surface area contributed by atoms with E-state index in [1.54, 1.807) is 31.3 Å². The van der Waals surface area contributed by atoms with Crippen LogP contribution < -0.4 is 15.4 Å². The normalized spacial score (nSPS) is 31.2. The van der Waals surface area contributed by atoms with E-state index in [1.807, 2.05) is 17.0 Å². The maximum atomic E-state index is 14.3. The molecule has 4 bridgehead atoms. The summed E-state index contributed by atoms with van der Waals surface area (Å²) in [6, 6.07) is 14.5. The third-order valence-electron chi connectivity index (χ3n) is 12.1. The molecule has 9 nitrogen and oxygen atoms in total. The Labute approximate surface area is 278 Å². The lowest BCUT2D eigenvalue weighted by Gasteiger charge is -2.61. The molecule has 47 heavy (non-hydrogen) atoms. The molecule has 2 aromatic rings. The van der Waals surface area contributed by atoms with Crippen LogP contribution in [0.15, 0.2) is 48.5 Å². The van der Waals surface area contributed by atoms with E-state index in [9.17, 15) is 19.5 Å². The van der Waals surface area contributed by atoms with Crippen LogP contribution in [0.25, 0.3) is 0 Å². The second-order valence-electron chi connectivity index (χ2n) is 15.1. The number of nitrogens with one attached hydrogen (secondary N) is 2. The maximum Gasteiger partial charge on any atom is 0.251 e. The second-order valence-corrected chi connectivity index (χ2v) is 15.1. The Morgan fingerprint density at radius 1 is 0.979 bits per heavy atom. The number of amides is 3. The summed E-state index contributed by atoms with van der Waals surface area (Å²) in [5.74, 6) is 3.00. The first-order chi connectivity index (χ1) is 22.7. The monoisotopic (exact) mass is 642 g/mol. The van der Waals surface area contributed by atoms with E-state index in [2.05, 4.69) is 34.6 Å². The summed E-state index contributed by atoms with van der Waals surface area (Å²) in [6.07, 6.45) is 8.82. The topological polar surface area (TPSA) is 111 Å². The van der Waals surface area contributed by atoms with Crippen LogP contribution in [0.1, 0.15) is 87.1 Å². The molecule has 4 saturated carbocycles. The molecule has 252 valence electrons. The number of ether oxygens (including phenoxy) is 1. The van der Waals surface area contributed by atoms with E-state index < -0.39 is 11.6 Å². The molecular formula is C38H50N4O5. The minimum absolute atomic E-state index is 0.00179. The summed E-state index contributed by atoms with van der Waals surface area (Å²) in [4.78, 5) is 44.4. The van der Waals surface area contributed by atoms with Crippen LogP contribution >= 0.6 is 0 Å². The zero-order chi connectivity index (χ0) is 32.8. The summed E-state index contributed by atoms with van der Waals surface area (Å²) in [5, 5.41) is 17.3. The van der Waals surface area contributed by atoms with Crippen molar-refractivity contribution in [2.75, 3.05) is 26.7 Å². The lowest BCUT2D eigenvalue weighted by molar-refractivity contribution is -0.175. The van der Waals surface area contributed by atoms with Gasteiger partial charge in [-0.1, -0.05) is 25.5 Å². The molecule has 6 fully saturated rings. The minimum atomic E-state index is -0.801. The number of aliphatic hydroxyl groups is 1. The van der Waals surface area contributed by atoms with Crippen molar-refractivity contribution >= 4 is 17.7 Å². The molecule has 6 aliphatic rings. The number of piperazine rings is 1. The maximum absolute atomic E-state index is 14.3. The van der Waals surface area contributed by atoms with Gasteiger partial charge >= 0.3 is 0 Å². The van der Waals surface area contributed by atoms with Gasteiger partial charge in [0.25, 0.3) is 5.91 Å². The highest BCUT2D eigenvalue weighted by molar-refractivity contribution is 6.00. The third-order valence-corrected chi connectivity index (χ3v) is 12.1. The van der Waals surface area contributed by atoms with Crippen LogP contribution in [0.4, 0.5) is 0 Å². The van der Waals surface area contributed by atoms with E-state index in [1.165, 1.54) is 6.42 Å². The van der Waals surface area contributed by atoms with Gasteiger partial charge in [0, 0.05) is 38.8 Å². The lowest BCUT2D eigenvalue weighted by Crippen LogP contribution is -2.73. The molecule has 1 spiro atoms. The van der Waals surface area contributed by atoms with Crippen molar-refractivity contribution in [3.8, 4) is 11.5 Å². The zero-order valence-corrected chi connectivity index (χ0v) is 27.9. The van der Waals surface area contributed by atoms with Gasteiger partial charge in [0.05, 0.1) is 6.10 Å². The smallest absolute Gasteiger partial charge is 0.251 e. The van der Waals surface area contributed by atoms with Gasteiger partial charge in [-0.3, -0.25) is 19.3 Å². The van der Waals surface area contributed by atoms with Crippen molar-refractivity contribution in [3.63, 3.8) is 0 Å². The number of benzene rings is 2. The Balaban J connectivity index is 0.979. The van der Waals surface area contributed by atoms with Crippen molar-refractivity contribution in [1.82, 2.24) is 20.4 Å². The number of unbranched alkanes of at least 4 members (excludes halogenated alkanes) is 1. The number of rotatable bonds is 10. The van der Waals surface area contributed by atoms with E-state index >= 15 is 0 Å².